The first-order valence-corrected chi connectivity index (χ1v) is 4.94. The molecule has 2 atom stereocenters. The van der Waals surface area contributed by atoms with Crippen LogP contribution in [0.4, 0.5) is 6.01 Å². The van der Waals surface area contributed by atoms with Gasteiger partial charge in [-0.1, -0.05) is 11.5 Å². The number of aromatic nitrogens is 2. The molecule has 0 N–H and O–H groups in total. The number of fused-ring (bicyclic) bond motifs is 1. The Labute approximate surface area is 76.9 Å². The lowest BCUT2D eigenvalue weighted by molar-refractivity contribution is 0.494. The molecule has 0 spiro atoms. The Bertz CT molecular complexity index is 273. The predicted octanol–water partition coefficient (Wildman–Crippen LogP) is 1.31. The molecule has 13 heavy (non-hydrogen) atoms. The molecule has 2 aliphatic rings. The van der Waals surface area contributed by atoms with Gasteiger partial charge in [-0.15, -0.1) is 5.10 Å². The van der Waals surface area contributed by atoms with Crippen molar-refractivity contribution < 1.29 is 4.42 Å². The minimum atomic E-state index is 0.703. The lowest BCUT2D eigenvalue weighted by Crippen LogP contribution is -2.20. The van der Waals surface area contributed by atoms with Gasteiger partial charge in [0.1, 0.15) is 0 Å². The van der Waals surface area contributed by atoms with E-state index in [2.05, 4.69) is 15.1 Å². The molecule has 1 aromatic rings. The maximum Gasteiger partial charge on any atom is 0.317 e. The van der Waals surface area contributed by atoms with Gasteiger partial charge in [0.25, 0.3) is 0 Å². The first-order valence-electron chi connectivity index (χ1n) is 4.94. The quantitative estimate of drug-likeness (QED) is 0.651. The third-order valence-electron chi connectivity index (χ3n) is 3.35. The molecular weight excluding hydrogens is 166 g/mol. The molecule has 2 heterocycles. The molecule has 0 aromatic carbocycles. The lowest BCUT2D eigenvalue weighted by atomic mass is 10.0. The van der Waals surface area contributed by atoms with Crippen LogP contribution < -0.4 is 4.90 Å². The highest BCUT2D eigenvalue weighted by molar-refractivity contribution is 5.27. The zero-order valence-corrected chi connectivity index (χ0v) is 7.52. The summed E-state index contributed by atoms with van der Waals surface area (Å²) in [4.78, 5) is 2.22. The Hall–Kier alpha value is -1.06. The van der Waals surface area contributed by atoms with Crippen molar-refractivity contribution >= 4 is 6.01 Å². The van der Waals surface area contributed by atoms with E-state index in [-0.39, 0.29) is 0 Å². The van der Waals surface area contributed by atoms with Crippen LogP contribution in [-0.4, -0.2) is 23.3 Å². The number of hydrogen-bond acceptors (Lipinski definition) is 4. The summed E-state index contributed by atoms with van der Waals surface area (Å²) in [7, 11) is 0. The maximum atomic E-state index is 5.19. The van der Waals surface area contributed by atoms with Gasteiger partial charge in [0.15, 0.2) is 0 Å². The average molecular weight is 179 g/mol. The standard InChI is InChI=1S/C9H13N3O/c1-2-7-4-12(5-8(7)3-1)9-11-10-6-13-9/h6-8H,1-5H2. The van der Waals surface area contributed by atoms with Crippen LogP contribution in [0.25, 0.3) is 0 Å². The Morgan fingerprint density at radius 1 is 1.31 bits per heavy atom. The summed E-state index contributed by atoms with van der Waals surface area (Å²) in [5.74, 6) is 1.76. The predicted molar refractivity (Wildman–Crippen MR) is 47.3 cm³/mol. The molecule has 1 saturated carbocycles. The van der Waals surface area contributed by atoms with Gasteiger partial charge in [-0.05, 0) is 24.7 Å². The first kappa shape index (κ1) is 7.35. The van der Waals surface area contributed by atoms with Gasteiger partial charge < -0.3 is 9.32 Å². The van der Waals surface area contributed by atoms with E-state index in [0.717, 1.165) is 24.9 Å². The van der Waals surface area contributed by atoms with Crippen LogP contribution in [0.3, 0.4) is 0 Å². The minimum absolute atomic E-state index is 0.703. The second kappa shape index (κ2) is 2.72. The highest BCUT2D eigenvalue weighted by Gasteiger charge is 2.37. The van der Waals surface area contributed by atoms with Crippen molar-refractivity contribution in [1.29, 1.82) is 0 Å². The number of hydrogen-bond donors (Lipinski definition) is 0. The Morgan fingerprint density at radius 3 is 2.69 bits per heavy atom. The fourth-order valence-corrected chi connectivity index (χ4v) is 2.70. The van der Waals surface area contributed by atoms with E-state index < -0.39 is 0 Å². The summed E-state index contributed by atoms with van der Waals surface area (Å²) in [6, 6.07) is 0.703. The van der Waals surface area contributed by atoms with Crippen molar-refractivity contribution in [2.24, 2.45) is 11.8 Å². The summed E-state index contributed by atoms with van der Waals surface area (Å²) in [6.45, 7) is 2.24. The van der Waals surface area contributed by atoms with E-state index in [1.54, 1.807) is 0 Å². The topological polar surface area (TPSA) is 42.2 Å². The Kier molecular flexibility index (Phi) is 1.54. The zero-order valence-electron chi connectivity index (χ0n) is 7.52. The zero-order chi connectivity index (χ0) is 8.67. The van der Waals surface area contributed by atoms with Crippen LogP contribution in [0.5, 0.6) is 0 Å². The third-order valence-corrected chi connectivity index (χ3v) is 3.35. The molecule has 70 valence electrons. The molecular formula is C9H13N3O. The molecule has 3 rings (SSSR count). The van der Waals surface area contributed by atoms with Crippen molar-refractivity contribution in [3.05, 3.63) is 6.39 Å². The molecule has 1 aliphatic heterocycles. The molecule has 0 bridgehead atoms. The second-order valence-electron chi connectivity index (χ2n) is 4.08. The molecule has 4 heteroatoms. The summed E-state index contributed by atoms with van der Waals surface area (Å²) in [5, 5.41) is 7.64. The molecule has 1 aromatic heterocycles. The summed E-state index contributed by atoms with van der Waals surface area (Å²) in [5.41, 5.74) is 0. The average Bonchev–Trinajstić information content (AvgIpc) is 2.78. The first-order chi connectivity index (χ1) is 6.43. The van der Waals surface area contributed by atoms with Gasteiger partial charge in [-0.3, -0.25) is 0 Å². The van der Waals surface area contributed by atoms with E-state index in [1.165, 1.54) is 25.7 Å². The number of nitrogens with zero attached hydrogens (tertiary/aromatic N) is 3. The molecule has 2 fully saturated rings. The van der Waals surface area contributed by atoms with Gasteiger partial charge in [-0.25, -0.2) is 0 Å². The molecule has 2 unspecified atom stereocenters. The molecule has 1 aliphatic carbocycles. The summed E-state index contributed by atoms with van der Waals surface area (Å²) < 4.78 is 5.19. The van der Waals surface area contributed by atoms with Crippen LogP contribution >= 0.6 is 0 Å². The van der Waals surface area contributed by atoms with Gasteiger partial charge in [0, 0.05) is 13.1 Å². The van der Waals surface area contributed by atoms with Gasteiger partial charge in [0.2, 0.25) is 6.39 Å². The molecule has 0 amide bonds. The number of anilines is 1. The van der Waals surface area contributed by atoms with Crippen LogP contribution in [0.1, 0.15) is 19.3 Å². The maximum absolute atomic E-state index is 5.19. The van der Waals surface area contributed by atoms with Crippen LogP contribution in [0, 0.1) is 11.8 Å². The van der Waals surface area contributed by atoms with Crippen LogP contribution in [0.15, 0.2) is 10.8 Å². The third kappa shape index (κ3) is 1.12. The lowest BCUT2D eigenvalue weighted by Gasteiger charge is -2.12. The van der Waals surface area contributed by atoms with Crippen LogP contribution in [-0.2, 0) is 0 Å². The number of rotatable bonds is 1. The van der Waals surface area contributed by atoms with E-state index >= 15 is 0 Å². The van der Waals surface area contributed by atoms with Crippen molar-refractivity contribution in [1.82, 2.24) is 10.2 Å². The second-order valence-corrected chi connectivity index (χ2v) is 4.08. The van der Waals surface area contributed by atoms with Gasteiger partial charge in [-0.2, -0.15) is 0 Å². The SMILES string of the molecule is c1nnc(N2CC3CCCC3C2)o1. The molecule has 4 nitrogen and oxygen atoms in total. The van der Waals surface area contributed by atoms with E-state index in [9.17, 15) is 0 Å². The van der Waals surface area contributed by atoms with Crippen molar-refractivity contribution in [3.8, 4) is 0 Å². The van der Waals surface area contributed by atoms with Crippen molar-refractivity contribution in [2.45, 2.75) is 19.3 Å². The van der Waals surface area contributed by atoms with Crippen molar-refractivity contribution in [2.75, 3.05) is 18.0 Å². The fraction of sp³-hybridized carbons (Fsp3) is 0.778. The van der Waals surface area contributed by atoms with Gasteiger partial charge >= 0.3 is 6.01 Å². The Balaban J connectivity index is 1.76. The molecule has 0 radical (unpaired) electrons. The van der Waals surface area contributed by atoms with E-state index in [1.807, 2.05) is 0 Å². The van der Waals surface area contributed by atoms with Crippen molar-refractivity contribution in [3.63, 3.8) is 0 Å². The largest absolute Gasteiger partial charge is 0.411 e. The fourth-order valence-electron chi connectivity index (χ4n) is 2.70. The van der Waals surface area contributed by atoms with Gasteiger partial charge in [0.05, 0.1) is 0 Å². The smallest absolute Gasteiger partial charge is 0.317 e. The summed E-state index contributed by atoms with van der Waals surface area (Å²) in [6.07, 6.45) is 5.58. The highest BCUT2D eigenvalue weighted by atomic mass is 16.4. The summed E-state index contributed by atoms with van der Waals surface area (Å²) >= 11 is 0. The molecule has 1 saturated heterocycles. The minimum Gasteiger partial charge on any atom is -0.411 e. The van der Waals surface area contributed by atoms with E-state index in [0.29, 0.717) is 6.01 Å². The highest BCUT2D eigenvalue weighted by Crippen LogP contribution is 2.38. The van der Waals surface area contributed by atoms with E-state index in [4.69, 9.17) is 4.42 Å². The monoisotopic (exact) mass is 179 g/mol. The van der Waals surface area contributed by atoms with Crippen LogP contribution in [0.2, 0.25) is 0 Å². The Morgan fingerprint density at radius 2 is 2.08 bits per heavy atom. The normalized spacial score (nSPS) is 32.5.